The van der Waals surface area contributed by atoms with Gasteiger partial charge in [-0.25, -0.2) is 19.2 Å². The van der Waals surface area contributed by atoms with Crippen LogP contribution in [0.4, 0.5) is 10.2 Å². The van der Waals surface area contributed by atoms with E-state index in [1.165, 1.54) is 23.5 Å². The third kappa shape index (κ3) is 4.14. The van der Waals surface area contributed by atoms with Gasteiger partial charge in [-0.3, -0.25) is 4.79 Å². The maximum absolute atomic E-state index is 13.3. The van der Waals surface area contributed by atoms with Crippen molar-refractivity contribution < 1.29 is 18.7 Å². The molecule has 0 unspecified atom stereocenters. The molecule has 7 nitrogen and oxygen atoms in total. The van der Waals surface area contributed by atoms with E-state index in [2.05, 4.69) is 14.9 Å². The SMILES string of the molecule is CCOC(=O)c1sc2nc(C)nc(N3CCN(C(=O)c4ccc(F)cc4Cl)CC3)c2c1C. The molecular weight excluding hydrogens is 455 g/mol. The molecule has 0 spiro atoms. The van der Waals surface area contributed by atoms with Crippen molar-refractivity contribution in [1.29, 1.82) is 0 Å². The number of hydrogen-bond acceptors (Lipinski definition) is 7. The molecule has 1 aliphatic rings. The zero-order valence-electron chi connectivity index (χ0n) is 17.9. The van der Waals surface area contributed by atoms with E-state index in [4.69, 9.17) is 16.3 Å². The second-order valence-corrected chi connectivity index (χ2v) is 8.86. The number of piperazine rings is 1. The summed E-state index contributed by atoms with van der Waals surface area (Å²) in [5, 5.41) is 0.941. The van der Waals surface area contributed by atoms with Gasteiger partial charge in [0.15, 0.2) is 0 Å². The van der Waals surface area contributed by atoms with Gasteiger partial charge in [-0.15, -0.1) is 11.3 Å². The van der Waals surface area contributed by atoms with Gasteiger partial charge in [-0.2, -0.15) is 0 Å². The molecule has 0 atom stereocenters. The third-order valence-corrected chi connectivity index (χ3v) is 6.85. The van der Waals surface area contributed by atoms with Crippen molar-refractivity contribution in [2.24, 2.45) is 0 Å². The van der Waals surface area contributed by atoms with Crippen LogP contribution in [0.25, 0.3) is 10.2 Å². The third-order valence-electron chi connectivity index (χ3n) is 5.37. The molecule has 0 N–H and O–H groups in total. The van der Waals surface area contributed by atoms with Crippen molar-refractivity contribution in [3.8, 4) is 0 Å². The Hall–Kier alpha value is -2.78. The lowest BCUT2D eigenvalue weighted by atomic mass is 10.1. The van der Waals surface area contributed by atoms with Crippen molar-refractivity contribution in [2.75, 3.05) is 37.7 Å². The molecule has 0 bridgehead atoms. The number of thiophene rings is 1. The Labute approximate surface area is 193 Å². The highest BCUT2D eigenvalue weighted by Crippen LogP contribution is 2.36. The number of nitrogens with zero attached hydrogens (tertiary/aromatic N) is 4. The zero-order chi connectivity index (χ0) is 23.0. The molecule has 2 aromatic heterocycles. The van der Waals surface area contributed by atoms with Crippen LogP contribution >= 0.6 is 22.9 Å². The van der Waals surface area contributed by atoms with Crippen LogP contribution in [0.2, 0.25) is 5.02 Å². The molecule has 4 rings (SSSR count). The fourth-order valence-corrected chi connectivity index (χ4v) is 5.16. The van der Waals surface area contributed by atoms with E-state index in [0.29, 0.717) is 43.5 Å². The van der Waals surface area contributed by atoms with Crippen molar-refractivity contribution in [3.63, 3.8) is 0 Å². The summed E-state index contributed by atoms with van der Waals surface area (Å²) < 4.78 is 18.5. The lowest BCUT2D eigenvalue weighted by Gasteiger charge is -2.36. The summed E-state index contributed by atoms with van der Waals surface area (Å²) in [4.78, 5) is 39.5. The topological polar surface area (TPSA) is 75.6 Å². The molecule has 1 fully saturated rings. The number of esters is 1. The maximum Gasteiger partial charge on any atom is 0.348 e. The molecule has 1 saturated heterocycles. The first-order chi connectivity index (χ1) is 15.3. The Kier molecular flexibility index (Phi) is 6.30. The van der Waals surface area contributed by atoms with Crippen LogP contribution in [0.1, 0.15) is 38.3 Å². The smallest absolute Gasteiger partial charge is 0.348 e. The van der Waals surface area contributed by atoms with Gasteiger partial charge >= 0.3 is 5.97 Å². The Balaban J connectivity index is 1.58. The van der Waals surface area contributed by atoms with Crippen LogP contribution in [0.3, 0.4) is 0 Å². The van der Waals surface area contributed by atoms with Gasteiger partial charge in [0.05, 0.1) is 22.6 Å². The summed E-state index contributed by atoms with van der Waals surface area (Å²) in [5.74, 6) is 0.301. The molecule has 0 saturated carbocycles. The van der Waals surface area contributed by atoms with Gasteiger partial charge in [0, 0.05) is 26.2 Å². The van der Waals surface area contributed by atoms with E-state index in [9.17, 15) is 14.0 Å². The van der Waals surface area contributed by atoms with Crippen LogP contribution in [-0.2, 0) is 4.74 Å². The molecule has 1 amide bonds. The van der Waals surface area contributed by atoms with Crippen LogP contribution in [0, 0.1) is 19.7 Å². The summed E-state index contributed by atoms with van der Waals surface area (Å²) in [6, 6.07) is 3.79. The van der Waals surface area contributed by atoms with Gasteiger partial charge in [-0.05, 0) is 44.5 Å². The Morgan fingerprint density at radius 3 is 2.56 bits per heavy atom. The predicted molar refractivity (Wildman–Crippen MR) is 122 cm³/mol. The van der Waals surface area contributed by atoms with Gasteiger partial charge in [0.25, 0.3) is 5.91 Å². The number of carbonyl (C=O) groups is 2. The number of aromatic nitrogens is 2. The average Bonchev–Trinajstić information content (AvgIpc) is 3.09. The van der Waals surface area contributed by atoms with E-state index < -0.39 is 5.82 Å². The normalized spacial score (nSPS) is 14.2. The molecule has 0 aliphatic carbocycles. The molecule has 3 aromatic rings. The summed E-state index contributed by atoms with van der Waals surface area (Å²) in [6.07, 6.45) is 0. The molecule has 168 valence electrons. The number of benzene rings is 1. The number of halogens is 2. The first kappa shape index (κ1) is 22.4. The minimum atomic E-state index is -0.479. The van der Waals surface area contributed by atoms with Crippen molar-refractivity contribution in [3.05, 3.63) is 50.9 Å². The summed E-state index contributed by atoms with van der Waals surface area (Å²) in [6.45, 7) is 7.81. The average molecular weight is 477 g/mol. The Morgan fingerprint density at radius 1 is 1.19 bits per heavy atom. The van der Waals surface area contributed by atoms with Gasteiger partial charge in [0.1, 0.15) is 27.2 Å². The highest BCUT2D eigenvalue weighted by atomic mass is 35.5. The minimum Gasteiger partial charge on any atom is -0.462 e. The summed E-state index contributed by atoms with van der Waals surface area (Å²) in [7, 11) is 0. The molecule has 0 radical (unpaired) electrons. The van der Waals surface area contributed by atoms with Crippen LogP contribution < -0.4 is 4.90 Å². The maximum atomic E-state index is 13.3. The minimum absolute atomic E-state index is 0.103. The monoisotopic (exact) mass is 476 g/mol. The van der Waals surface area contributed by atoms with Crippen LogP contribution in [0.5, 0.6) is 0 Å². The number of carbonyl (C=O) groups excluding carboxylic acids is 2. The number of amides is 1. The van der Waals surface area contributed by atoms with E-state index in [1.807, 2.05) is 13.8 Å². The number of hydrogen-bond donors (Lipinski definition) is 0. The number of fused-ring (bicyclic) bond motifs is 1. The first-order valence-corrected chi connectivity index (χ1v) is 11.4. The second kappa shape index (κ2) is 8.99. The van der Waals surface area contributed by atoms with E-state index in [0.717, 1.165) is 27.7 Å². The molecule has 32 heavy (non-hydrogen) atoms. The lowest BCUT2D eigenvalue weighted by Crippen LogP contribution is -2.49. The van der Waals surface area contributed by atoms with Gasteiger partial charge in [0.2, 0.25) is 0 Å². The largest absolute Gasteiger partial charge is 0.462 e. The van der Waals surface area contributed by atoms with Crippen LogP contribution in [-0.4, -0.2) is 59.5 Å². The van der Waals surface area contributed by atoms with Crippen molar-refractivity contribution >= 4 is 50.8 Å². The lowest BCUT2D eigenvalue weighted by molar-refractivity contribution is 0.0531. The number of aryl methyl sites for hydroxylation is 2. The highest BCUT2D eigenvalue weighted by molar-refractivity contribution is 7.20. The van der Waals surface area contributed by atoms with Crippen molar-refractivity contribution in [1.82, 2.24) is 14.9 Å². The van der Waals surface area contributed by atoms with Gasteiger partial charge in [-0.1, -0.05) is 11.6 Å². The molecule has 1 aliphatic heterocycles. The number of anilines is 1. The van der Waals surface area contributed by atoms with Gasteiger partial charge < -0.3 is 14.5 Å². The fraction of sp³-hybridized carbons (Fsp3) is 0.364. The zero-order valence-corrected chi connectivity index (χ0v) is 19.5. The number of ether oxygens (including phenoxy) is 1. The number of rotatable bonds is 4. The van der Waals surface area contributed by atoms with Crippen LogP contribution in [0.15, 0.2) is 18.2 Å². The fourth-order valence-electron chi connectivity index (χ4n) is 3.80. The molecule has 1 aromatic carbocycles. The predicted octanol–water partition coefficient (Wildman–Crippen LogP) is 4.24. The Morgan fingerprint density at radius 2 is 1.91 bits per heavy atom. The first-order valence-electron chi connectivity index (χ1n) is 10.2. The highest BCUT2D eigenvalue weighted by Gasteiger charge is 2.28. The van der Waals surface area contributed by atoms with E-state index in [1.54, 1.807) is 11.8 Å². The second-order valence-electron chi connectivity index (χ2n) is 7.45. The molecule has 3 heterocycles. The quantitative estimate of drug-likeness (QED) is 0.524. The standard InChI is InChI=1S/C22H22ClFN4O3S/c1-4-31-22(30)18-12(2)17-19(25-13(3)26-20(17)32-18)27-7-9-28(10-8-27)21(29)15-6-5-14(24)11-16(15)23/h5-6,11H,4,7-10H2,1-3H3. The molecule has 10 heteroatoms. The summed E-state index contributed by atoms with van der Waals surface area (Å²) in [5.41, 5.74) is 1.09. The van der Waals surface area contributed by atoms with E-state index >= 15 is 0 Å². The summed E-state index contributed by atoms with van der Waals surface area (Å²) >= 11 is 7.37. The Bertz CT molecular complexity index is 1210. The molecular formula is C22H22ClFN4O3S. The van der Waals surface area contributed by atoms with E-state index in [-0.39, 0.29) is 22.5 Å². The van der Waals surface area contributed by atoms with Crippen molar-refractivity contribution in [2.45, 2.75) is 20.8 Å².